The molecular weight excluding hydrogens is 834 g/mol. The van der Waals surface area contributed by atoms with E-state index in [1.165, 1.54) is 122 Å². The largest absolute Gasteiger partial charge is 0.472 e. The van der Waals surface area contributed by atoms with Gasteiger partial charge < -0.3 is 18.9 Å². The lowest BCUT2D eigenvalue weighted by molar-refractivity contribution is -0.870. The molecule has 0 saturated carbocycles. The molecule has 0 aromatic rings. The van der Waals surface area contributed by atoms with Gasteiger partial charge in [0.1, 0.15) is 19.8 Å². The highest BCUT2D eigenvalue weighted by Crippen LogP contribution is 2.43. The van der Waals surface area contributed by atoms with Gasteiger partial charge in [-0.3, -0.25) is 18.6 Å². The number of nitrogens with zero attached hydrogens (tertiary/aromatic N) is 1. The third kappa shape index (κ3) is 51.0. The van der Waals surface area contributed by atoms with Gasteiger partial charge in [0.25, 0.3) is 0 Å². The standard InChI is InChI=1S/C55H100NO8P/c1-6-8-10-12-14-16-18-20-22-24-26-27-28-29-30-32-34-36-38-40-42-44-46-48-55(58)64-53(52-63-65(59,60)62-50-49-56(3,4)5)51-61-54(57)47-45-43-41-39-37-35-33-31-25-23-21-19-17-15-13-11-9-7-2/h8,10,14,16,20,22-23,25-27,53H,6-7,9,11-13,15,17-19,21,24,28-52H2,1-5H3/p+1/b10-8-,16-14-,22-20-,25-23-,27-26-. The van der Waals surface area contributed by atoms with E-state index in [2.05, 4.69) is 74.6 Å². The van der Waals surface area contributed by atoms with E-state index in [0.29, 0.717) is 17.4 Å². The number of carbonyl (C=O) groups excluding carboxylic acids is 2. The van der Waals surface area contributed by atoms with Crippen molar-refractivity contribution in [3.05, 3.63) is 60.8 Å². The Morgan fingerprint density at radius 1 is 0.492 bits per heavy atom. The SMILES string of the molecule is CC/C=C\C/C=C\C/C=C\C/C=C\CCCCCCCCCCCCC(=O)OC(COC(=O)CCCCCCCCC/C=C\CCCCCCCCC)COP(=O)(O)OCC[N+](C)(C)C. The minimum Gasteiger partial charge on any atom is -0.462 e. The lowest BCUT2D eigenvalue weighted by Crippen LogP contribution is -2.37. The van der Waals surface area contributed by atoms with Crippen LogP contribution in [0, 0.1) is 0 Å². The van der Waals surface area contributed by atoms with E-state index in [4.69, 9.17) is 18.5 Å². The summed E-state index contributed by atoms with van der Waals surface area (Å²) in [6.45, 7) is 4.32. The number of allylic oxidation sites excluding steroid dienone is 10. The van der Waals surface area contributed by atoms with Crippen molar-refractivity contribution in [3.8, 4) is 0 Å². The molecule has 65 heavy (non-hydrogen) atoms. The molecule has 0 aliphatic carbocycles. The first-order valence-corrected chi connectivity index (χ1v) is 28.0. The van der Waals surface area contributed by atoms with Crippen molar-refractivity contribution in [1.29, 1.82) is 0 Å². The molecule has 0 bridgehead atoms. The van der Waals surface area contributed by atoms with E-state index in [9.17, 15) is 19.0 Å². The van der Waals surface area contributed by atoms with Gasteiger partial charge in [0.2, 0.25) is 0 Å². The molecule has 0 fully saturated rings. The summed E-state index contributed by atoms with van der Waals surface area (Å²) in [5.41, 5.74) is 0. The number of rotatable bonds is 48. The van der Waals surface area contributed by atoms with Crippen molar-refractivity contribution in [2.75, 3.05) is 47.5 Å². The second-order valence-corrected chi connectivity index (χ2v) is 20.3. The monoisotopic (exact) mass is 935 g/mol. The maximum Gasteiger partial charge on any atom is 0.472 e. The highest BCUT2D eigenvalue weighted by molar-refractivity contribution is 7.47. The van der Waals surface area contributed by atoms with Gasteiger partial charge in [0, 0.05) is 12.8 Å². The average Bonchev–Trinajstić information content (AvgIpc) is 3.26. The molecule has 10 heteroatoms. The summed E-state index contributed by atoms with van der Waals surface area (Å²) in [5, 5.41) is 0. The van der Waals surface area contributed by atoms with Gasteiger partial charge in [-0.2, -0.15) is 0 Å². The number of hydrogen-bond donors (Lipinski definition) is 1. The number of phosphoric acid groups is 1. The molecule has 0 radical (unpaired) electrons. The van der Waals surface area contributed by atoms with Crippen LogP contribution in [0.4, 0.5) is 0 Å². The van der Waals surface area contributed by atoms with Gasteiger partial charge in [0.15, 0.2) is 6.10 Å². The number of phosphoric ester groups is 1. The Hall–Kier alpha value is -2.29. The molecule has 0 saturated heterocycles. The van der Waals surface area contributed by atoms with E-state index in [0.717, 1.165) is 70.6 Å². The Labute approximate surface area is 400 Å². The minimum absolute atomic E-state index is 0.0285. The highest BCUT2D eigenvalue weighted by Gasteiger charge is 2.27. The van der Waals surface area contributed by atoms with Crippen molar-refractivity contribution in [2.45, 2.75) is 232 Å². The normalized spacial score (nSPS) is 13.9. The summed E-state index contributed by atoms with van der Waals surface area (Å²) in [4.78, 5) is 35.6. The lowest BCUT2D eigenvalue weighted by Gasteiger charge is -2.24. The first-order valence-electron chi connectivity index (χ1n) is 26.5. The van der Waals surface area contributed by atoms with Crippen molar-refractivity contribution in [2.24, 2.45) is 0 Å². The van der Waals surface area contributed by atoms with Gasteiger partial charge in [0.05, 0.1) is 27.7 Å². The van der Waals surface area contributed by atoms with Crippen molar-refractivity contribution in [1.82, 2.24) is 0 Å². The van der Waals surface area contributed by atoms with E-state index in [1.54, 1.807) is 0 Å². The maximum atomic E-state index is 12.8. The maximum absolute atomic E-state index is 12.8. The second kappa shape index (κ2) is 46.8. The Kier molecular flexibility index (Phi) is 45.2. The molecule has 0 spiro atoms. The van der Waals surface area contributed by atoms with Crippen LogP contribution in [0.2, 0.25) is 0 Å². The van der Waals surface area contributed by atoms with E-state index in [-0.39, 0.29) is 32.0 Å². The molecule has 0 rings (SSSR count). The fraction of sp³-hybridized carbons (Fsp3) is 0.782. The Morgan fingerprint density at radius 3 is 1.32 bits per heavy atom. The van der Waals surface area contributed by atoms with Crippen LogP contribution in [0.1, 0.15) is 226 Å². The number of carbonyl (C=O) groups is 2. The zero-order valence-electron chi connectivity index (χ0n) is 42.7. The van der Waals surface area contributed by atoms with Gasteiger partial charge in [-0.25, -0.2) is 4.57 Å². The molecule has 0 aliphatic rings. The number of esters is 2. The number of likely N-dealkylation sites (N-methyl/N-ethyl adjacent to an activating group) is 1. The number of hydrogen-bond acceptors (Lipinski definition) is 7. The van der Waals surface area contributed by atoms with Gasteiger partial charge in [-0.15, -0.1) is 0 Å². The van der Waals surface area contributed by atoms with Crippen LogP contribution in [0.15, 0.2) is 60.8 Å². The second-order valence-electron chi connectivity index (χ2n) is 18.9. The molecule has 0 aliphatic heterocycles. The van der Waals surface area contributed by atoms with Gasteiger partial charge in [-0.1, -0.05) is 197 Å². The van der Waals surface area contributed by atoms with Crippen molar-refractivity contribution >= 4 is 19.8 Å². The topological polar surface area (TPSA) is 108 Å². The van der Waals surface area contributed by atoms with Crippen molar-refractivity contribution < 1.29 is 42.1 Å². The first kappa shape index (κ1) is 62.7. The van der Waals surface area contributed by atoms with Crippen LogP contribution in [0.3, 0.4) is 0 Å². The van der Waals surface area contributed by atoms with E-state index < -0.39 is 26.5 Å². The fourth-order valence-corrected chi connectivity index (χ4v) is 7.92. The van der Waals surface area contributed by atoms with Crippen LogP contribution < -0.4 is 0 Å². The van der Waals surface area contributed by atoms with E-state index in [1.807, 2.05) is 21.1 Å². The van der Waals surface area contributed by atoms with Crippen molar-refractivity contribution in [3.63, 3.8) is 0 Å². The predicted molar refractivity (Wildman–Crippen MR) is 275 cm³/mol. The average molecular weight is 935 g/mol. The third-order valence-corrected chi connectivity index (χ3v) is 12.3. The molecule has 378 valence electrons. The fourth-order valence-electron chi connectivity index (χ4n) is 7.18. The Balaban J connectivity index is 4.24. The summed E-state index contributed by atoms with van der Waals surface area (Å²) < 4.78 is 34.5. The molecule has 1 N–H and O–H groups in total. The molecule has 0 amide bonds. The summed E-state index contributed by atoms with van der Waals surface area (Å²) in [5.74, 6) is -0.805. The molecule has 9 nitrogen and oxygen atoms in total. The number of ether oxygens (including phenoxy) is 2. The van der Waals surface area contributed by atoms with Gasteiger partial charge >= 0.3 is 19.8 Å². The predicted octanol–water partition coefficient (Wildman–Crippen LogP) is 16.0. The summed E-state index contributed by atoms with van der Waals surface area (Å²) in [7, 11) is 1.47. The lowest BCUT2D eigenvalue weighted by atomic mass is 10.0. The number of unbranched alkanes of at least 4 members (excludes halogenated alkanes) is 24. The molecule has 0 aromatic heterocycles. The van der Waals surface area contributed by atoms with Crippen LogP contribution in [-0.2, 0) is 32.7 Å². The molecule has 0 heterocycles. The first-order chi connectivity index (χ1) is 31.5. The quantitative estimate of drug-likeness (QED) is 0.0211. The Morgan fingerprint density at radius 2 is 0.877 bits per heavy atom. The highest BCUT2D eigenvalue weighted by atomic mass is 31.2. The zero-order valence-corrected chi connectivity index (χ0v) is 43.6. The minimum atomic E-state index is -4.39. The number of quaternary nitrogens is 1. The van der Waals surface area contributed by atoms with Crippen LogP contribution in [0.25, 0.3) is 0 Å². The zero-order chi connectivity index (χ0) is 47.8. The molecular formula is C55H101NO8P+. The third-order valence-electron chi connectivity index (χ3n) is 11.3. The van der Waals surface area contributed by atoms with Crippen LogP contribution >= 0.6 is 7.82 Å². The Bertz CT molecular complexity index is 1290. The molecule has 2 unspecified atom stereocenters. The smallest absolute Gasteiger partial charge is 0.462 e. The molecule has 0 aromatic carbocycles. The van der Waals surface area contributed by atoms with Crippen LogP contribution in [-0.4, -0.2) is 74.9 Å². The van der Waals surface area contributed by atoms with E-state index >= 15 is 0 Å². The summed E-state index contributed by atoms with van der Waals surface area (Å²) in [6.07, 6.45) is 58.4. The van der Waals surface area contributed by atoms with Gasteiger partial charge in [-0.05, 0) is 77.0 Å². The van der Waals surface area contributed by atoms with Crippen LogP contribution in [0.5, 0.6) is 0 Å². The summed E-state index contributed by atoms with van der Waals surface area (Å²) >= 11 is 0. The summed E-state index contributed by atoms with van der Waals surface area (Å²) in [6, 6.07) is 0. The molecule has 2 atom stereocenters.